The zero-order valence-electron chi connectivity index (χ0n) is 15.8. The van der Waals surface area contributed by atoms with E-state index >= 15 is 0 Å². The van der Waals surface area contributed by atoms with Gasteiger partial charge >= 0.3 is 6.18 Å². The molecule has 30 heavy (non-hydrogen) atoms. The van der Waals surface area contributed by atoms with Crippen LogP contribution in [0.2, 0.25) is 0 Å². The standard InChI is InChI=1S/C22H18F3N3O2/c23-22(24,25)13-28-18-10-17(15-4-2-1-3-5-15)20(27-21(18)30-12-19(28)29)16-8-6-14(11-26)7-9-16/h1-10H,11-13,26H2. The maximum absolute atomic E-state index is 13.1. The van der Waals surface area contributed by atoms with Crippen LogP contribution >= 0.6 is 0 Å². The van der Waals surface area contributed by atoms with Crippen LogP contribution in [-0.4, -0.2) is 30.2 Å². The summed E-state index contributed by atoms with van der Waals surface area (Å²) >= 11 is 0. The molecule has 0 spiro atoms. The molecule has 2 N–H and O–H groups in total. The number of halogens is 3. The minimum atomic E-state index is -4.55. The molecule has 5 nitrogen and oxygen atoms in total. The van der Waals surface area contributed by atoms with Crippen molar-refractivity contribution in [3.8, 4) is 28.3 Å². The molecule has 1 aromatic heterocycles. The number of benzene rings is 2. The van der Waals surface area contributed by atoms with E-state index in [1.54, 1.807) is 0 Å². The second-order valence-electron chi connectivity index (χ2n) is 6.86. The molecule has 0 radical (unpaired) electrons. The van der Waals surface area contributed by atoms with Crippen LogP contribution in [0.15, 0.2) is 60.7 Å². The summed E-state index contributed by atoms with van der Waals surface area (Å²) in [7, 11) is 0. The SMILES string of the molecule is NCc1ccc(-c2nc3c(cc2-c2ccccc2)N(CC(F)(F)F)C(=O)CO3)cc1. The molecule has 1 aliphatic heterocycles. The lowest BCUT2D eigenvalue weighted by atomic mass is 9.97. The maximum atomic E-state index is 13.1. The fourth-order valence-electron chi connectivity index (χ4n) is 3.34. The second kappa shape index (κ2) is 7.79. The number of carbonyl (C=O) groups is 1. The van der Waals surface area contributed by atoms with Crippen molar-refractivity contribution in [3.05, 3.63) is 66.2 Å². The fourth-order valence-corrected chi connectivity index (χ4v) is 3.34. The van der Waals surface area contributed by atoms with Gasteiger partial charge in [-0.05, 0) is 17.2 Å². The maximum Gasteiger partial charge on any atom is 0.406 e. The van der Waals surface area contributed by atoms with Crippen molar-refractivity contribution in [1.82, 2.24) is 4.98 Å². The Hall–Kier alpha value is -3.39. The number of hydrogen-bond acceptors (Lipinski definition) is 4. The molecule has 8 heteroatoms. The van der Waals surface area contributed by atoms with Gasteiger partial charge in [0.05, 0.1) is 5.69 Å². The Bertz CT molecular complexity index is 1070. The van der Waals surface area contributed by atoms with Crippen molar-refractivity contribution in [1.29, 1.82) is 0 Å². The lowest BCUT2D eigenvalue weighted by Crippen LogP contribution is -2.44. The summed E-state index contributed by atoms with van der Waals surface area (Å²) in [6, 6.07) is 18.1. The van der Waals surface area contributed by atoms with Crippen molar-refractivity contribution >= 4 is 11.6 Å². The monoisotopic (exact) mass is 413 g/mol. The Morgan fingerprint density at radius 3 is 2.37 bits per heavy atom. The van der Waals surface area contributed by atoms with E-state index in [9.17, 15) is 18.0 Å². The highest BCUT2D eigenvalue weighted by atomic mass is 19.4. The molecular formula is C22H18F3N3O2. The Morgan fingerprint density at radius 2 is 1.73 bits per heavy atom. The molecule has 2 heterocycles. The molecule has 0 saturated heterocycles. The van der Waals surface area contributed by atoms with Gasteiger partial charge in [-0.3, -0.25) is 9.69 Å². The molecule has 154 valence electrons. The number of anilines is 1. The van der Waals surface area contributed by atoms with Gasteiger partial charge in [0.25, 0.3) is 5.91 Å². The van der Waals surface area contributed by atoms with Crippen molar-refractivity contribution in [2.75, 3.05) is 18.1 Å². The summed E-state index contributed by atoms with van der Waals surface area (Å²) in [5.74, 6) is -0.767. The summed E-state index contributed by atoms with van der Waals surface area (Å²) < 4.78 is 44.6. The Balaban J connectivity index is 1.90. The predicted octanol–water partition coefficient (Wildman–Crippen LogP) is 4.16. The average molecular weight is 413 g/mol. The third kappa shape index (κ3) is 3.99. The van der Waals surface area contributed by atoms with E-state index in [2.05, 4.69) is 4.98 Å². The first-order chi connectivity index (χ1) is 14.4. The number of aromatic nitrogens is 1. The topological polar surface area (TPSA) is 68.5 Å². The van der Waals surface area contributed by atoms with Crippen molar-refractivity contribution in [2.45, 2.75) is 12.7 Å². The number of amides is 1. The Morgan fingerprint density at radius 1 is 1.03 bits per heavy atom. The number of nitrogens with zero attached hydrogens (tertiary/aromatic N) is 2. The molecule has 0 atom stereocenters. The van der Waals surface area contributed by atoms with Gasteiger partial charge in [-0.25, -0.2) is 4.98 Å². The molecule has 0 bridgehead atoms. The van der Waals surface area contributed by atoms with E-state index in [1.807, 2.05) is 54.6 Å². The number of hydrogen-bond donors (Lipinski definition) is 1. The number of carbonyl (C=O) groups excluding carboxylic acids is 1. The lowest BCUT2D eigenvalue weighted by molar-refractivity contribution is -0.134. The third-order valence-corrected chi connectivity index (χ3v) is 4.78. The van der Waals surface area contributed by atoms with Crippen molar-refractivity contribution in [2.24, 2.45) is 5.73 Å². The first-order valence-corrected chi connectivity index (χ1v) is 9.25. The molecule has 4 rings (SSSR count). The quantitative estimate of drug-likeness (QED) is 0.697. The summed E-state index contributed by atoms with van der Waals surface area (Å²) in [4.78, 5) is 17.4. The van der Waals surface area contributed by atoms with E-state index < -0.39 is 25.2 Å². The van der Waals surface area contributed by atoms with Gasteiger partial charge in [0, 0.05) is 17.7 Å². The fraction of sp³-hybridized carbons (Fsp3) is 0.182. The number of rotatable bonds is 4. The highest BCUT2D eigenvalue weighted by molar-refractivity contribution is 5.99. The van der Waals surface area contributed by atoms with Gasteiger partial charge in [-0.1, -0.05) is 54.6 Å². The molecular weight excluding hydrogens is 395 g/mol. The largest absolute Gasteiger partial charge is 0.466 e. The van der Waals surface area contributed by atoms with Crippen molar-refractivity contribution in [3.63, 3.8) is 0 Å². The summed E-state index contributed by atoms with van der Waals surface area (Å²) in [6.45, 7) is -1.50. The van der Waals surface area contributed by atoms with Gasteiger partial charge in [0.1, 0.15) is 12.2 Å². The minimum absolute atomic E-state index is 0.00330. The van der Waals surface area contributed by atoms with E-state index in [-0.39, 0.29) is 11.6 Å². The molecule has 2 aromatic carbocycles. The zero-order valence-corrected chi connectivity index (χ0v) is 15.8. The van der Waals surface area contributed by atoms with Crippen LogP contribution in [-0.2, 0) is 11.3 Å². The predicted molar refractivity (Wildman–Crippen MR) is 107 cm³/mol. The van der Waals surface area contributed by atoms with Crippen LogP contribution in [0.25, 0.3) is 22.4 Å². The van der Waals surface area contributed by atoms with Gasteiger partial charge in [-0.2, -0.15) is 13.2 Å². The van der Waals surface area contributed by atoms with Crippen LogP contribution in [0.4, 0.5) is 18.9 Å². The van der Waals surface area contributed by atoms with Crippen molar-refractivity contribution < 1.29 is 22.7 Å². The van der Waals surface area contributed by atoms with Gasteiger partial charge < -0.3 is 10.5 Å². The number of pyridine rings is 1. The smallest absolute Gasteiger partial charge is 0.406 e. The second-order valence-corrected chi connectivity index (χ2v) is 6.86. The van der Waals surface area contributed by atoms with E-state index in [4.69, 9.17) is 10.5 Å². The Kier molecular flexibility index (Phi) is 5.17. The van der Waals surface area contributed by atoms with Gasteiger partial charge in [0.2, 0.25) is 5.88 Å². The van der Waals surface area contributed by atoms with Gasteiger partial charge in [-0.15, -0.1) is 0 Å². The van der Waals surface area contributed by atoms with E-state index in [0.29, 0.717) is 22.7 Å². The first-order valence-electron chi connectivity index (χ1n) is 9.25. The molecule has 3 aromatic rings. The molecule has 0 aliphatic carbocycles. The highest BCUT2D eigenvalue weighted by Crippen LogP contribution is 2.41. The first kappa shape index (κ1) is 19.9. The number of nitrogens with two attached hydrogens (primary N) is 1. The van der Waals surface area contributed by atoms with Crippen LogP contribution in [0.5, 0.6) is 5.88 Å². The van der Waals surface area contributed by atoms with Gasteiger partial charge in [0.15, 0.2) is 6.61 Å². The summed E-state index contributed by atoms with van der Waals surface area (Å²) in [5.41, 5.74) is 9.27. The molecule has 0 unspecified atom stereocenters. The molecule has 0 fully saturated rings. The number of alkyl halides is 3. The van der Waals surface area contributed by atoms with Crippen LogP contribution in [0.3, 0.4) is 0 Å². The summed E-state index contributed by atoms with van der Waals surface area (Å²) in [5, 5.41) is 0. The molecule has 1 aliphatic rings. The third-order valence-electron chi connectivity index (χ3n) is 4.78. The summed E-state index contributed by atoms with van der Waals surface area (Å²) in [6.07, 6.45) is -4.55. The minimum Gasteiger partial charge on any atom is -0.466 e. The normalized spacial score (nSPS) is 13.7. The lowest BCUT2D eigenvalue weighted by Gasteiger charge is -2.30. The zero-order chi connectivity index (χ0) is 21.3. The van der Waals surface area contributed by atoms with Crippen LogP contribution in [0, 0.1) is 0 Å². The number of ether oxygens (including phenoxy) is 1. The average Bonchev–Trinajstić information content (AvgIpc) is 2.75. The van der Waals surface area contributed by atoms with E-state index in [1.165, 1.54) is 6.07 Å². The van der Waals surface area contributed by atoms with E-state index in [0.717, 1.165) is 16.7 Å². The molecule has 1 amide bonds. The van der Waals surface area contributed by atoms with Crippen LogP contribution < -0.4 is 15.4 Å². The highest BCUT2D eigenvalue weighted by Gasteiger charge is 2.38. The van der Waals surface area contributed by atoms with Crippen LogP contribution in [0.1, 0.15) is 5.56 Å². The Labute approximate surface area is 170 Å². The molecule has 0 saturated carbocycles. The number of fused-ring (bicyclic) bond motifs is 1.